The van der Waals surface area contributed by atoms with Crippen LogP contribution in [0.5, 0.6) is 5.75 Å². The summed E-state index contributed by atoms with van der Waals surface area (Å²) in [4.78, 5) is 11.5. The zero-order chi connectivity index (χ0) is 17.5. The molecule has 0 amide bonds. The van der Waals surface area contributed by atoms with Crippen molar-refractivity contribution in [2.24, 2.45) is 0 Å². The molecule has 0 aliphatic carbocycles. The van der Waals surface area contributed by atoms with Crippen LogP contribution in [0.3, 0.4) is 0 Å². The van der Waals surface area contributed by atoms with Crippen LogP contribution in [0, 0.1) is 0 Å². The Morgan fingerprint density at radius 3 is 2.04 bits per heavy atom. The number of carboxylic acids is 1. The van der Waals surface area contributed by atoms with Gasteiger partial charge in [-0.3, -0.25) is 0 Å². The van der Waals surface area contributed by atoms with E-state index in [1.165, 1.54) is 0 Å². The molecule has 0 aliphatic heterocycles. The molecule has 3 rings (SSSR count). The monoisotopic (exact) mass is 330 g/mol. The van der Waals surface area contributed by atoms with Crippen molar-refractivity contribution >= 4 is 17.6 Å². The molecular formula is C22H18O3. The van der Waals surface area contributed by atoms with E-state index < -0.39 is 5.97 Å². The van der Waals surface area contributed by atoms with Gasteiger partial charge < -0.3 is 9.84 Å². The summed E-state index contributed by atoms with van der Waals surface area (Å²) in [6.45, 7) is 0.500. The van der Waals surface area contributed by atoms with Crippen molar-refractivity contribution in [3.63, 3.8) is 0 Å². The molecule has 0 saturated heterocycles. The number of carboxylic acid groups (broad SMARTS) is 1. The van der Waals surface area contributed by atoms with Crippen molar-refractivity contribution in [1.82, 2.24) is 0 Å². The quantitative estimate of drug-likeness (QED) is 0.517. The van der Waals surface area contributed by atoms with Crippen molar-refractivity contribution in [2.45, 2.75) is 6.61 Å². The van der Waals surface area contributed by atoms with Crippen LogP contribution >= 0.6 is 0 Å². The number of aliphatic carboxylic acids is 1. The van der Waals surface area contributed by atoms with Gasteiger partial charge in [0.1, 0.15) is 12.4 Å². The fourth-order valence-corrected chi connectivity index (χ4v) is 2.45. The molecule has 3 heteroatoms. The first kappa shape index (κ1) is 16.5. The fourth-order valence-electron chi connectivity index (χ4n) is 2.45. The minimum Gasteiger partial charge on any atom is -0.489 e. The molecule has 0 atom stereocenters. The van der Waals surface area contributed by atoms with Gasteiger partial charge in [-0.2, -0.15) is 0 Å². The maximum atomic E-state index is 11.5. The third-order valence-corrected chi connectivity index (χ3v) is 3.75. The Morgan fingerprint density at radius 2 is 1.44 bits per heavy atom. The standard InChI is InChI=1S/C22H18O3/c23-22(24)21(19-9-5-2-6-10-19)15-17-11-13-20(14-12-17)25-16-18-7-3-1-4-8-18/h1-15H,16H2,(H,23,24)/b21-15+. The molecule has 0 unspecified atom stereocenters. The molecule has 3 aromatic rings. The molecule has 0 aliphatic rings. The number of hydrogen-bond donors (Lipinski definition) is 1. The van der Waals surface area contributed by atoms with Crippen molar-refractivity contribution in [3.05, 3.63) is 102 Å². The summed E-state index contributed by atoms with van der Waals surface area (Å²) in [6, 6.07) is 26.4. The second kappa shape index (κ2) is 7.97. The largest absolute Gasteiger partial charge is 0.489 e. The van der Waals surface area contributed by atoms with E-state index >= 15 is 0 Å². The Morgan fingerprint density at radius 1 is 0.840 bits per heavy atom. The van der Waals surface area contributed by atoms with E-state index in [0.717, 1.165) is 16.9 Å². The summed E-state index contributed by atoms with van der Waals surface area (Å²) in [5.74, 6) is -0.201. The van der Waals surface area contributed by atoms with Gasteiger partial charge in [0.15, 0.2) is 0 Å². The summed E-state index contributed by atoms with van der Waals surface area (Å²) in [6.07, 6.45) is 1.67. The summed E-state index contributed by atoms with van der Waals surface area (Å²) in [7, 11) is 0. The highest BCUT2D eigenvalue weighted by Crippen LogP contribution is 2.21. The molecule has 124 valence electrons. The molecule has 0 bridgehead atoms. The molecule has 1 N–H and O–H groups in total. The van der Waals surface area contributed by atoms with E-state index in [4.69, 9.17) is 4.74 Å². The number of carbonyl (C=O) groups is 1. The van der Waals surface area contributed by atoms with E-state index in [-0.39, 0.29) is 5.57 Å². The lowest BCUT2D eigenvalue weighted by atomic mass is 10.0. The molecule has 0 saturated carbocycles. The average molecular weight is 330 g/mol. The topological polar surface area (TPSA) is 46.5 Å². The van der Waals surface area contributed by atoms with Crippen LogP contribution in [0.2, 0.25) is 0 Å². The molecule has 0 spiro atoms. The number of hydrogen-bond acceptors (Lipinski definition) is 2. The first-order chi connectivity index (χ1) is 12.2. The third-order valence-electron chi connectivity index (χ3n) is 3.75. The third kappa shape index (κ3) is 4.58. The summed E-state index contributed by atoms with van der Waals surface area (Å²) >= 11 is 0. The van der Waals surface area contributed by atoms with Crippen LogP contribution in [0.25, 0.3) is 11.6 Å². The summed E-state index contributed by atoms with van der Waals surface area (Å²) < 4.78 is 5.75. The average Bonchev–Trinajstić information content (AvgIpc) is 2.66. The van der Waals surface area contributed by atoms with Gasteiger partial charge in [0, 0.05) is 0 Å². The highest BCUT2D eigenvalue weighted by atomic mass is 16.5. The first-order valence-corrected chi connectivity index (χ1v) is 7.99. The molecule has 0 radical (unpaired) electrons. The van der Waals surface area contributed by atoms with Crippen molar-refractivity contribution in [1.29, 1.82) is 0 Å². The lowest BCUT2D eigenvalue weighted by molar-refractivity contribution is -0.130. The second-order valence-electron chi connectivity index (χ2n) is 5.57. The van der Waals surface area contributed by atoms with E-state index in [0.29, 0.717) is 12.2 Å². The van der Waals surface area contributed by atoms with Crippen molar-refractivity contribution < 1.29 is 14.6 Å². The van der Waals surface area contributed by atoms with Gasteiger partial charge in [-0.15, -0.1) is 0 Å². The van der Waals surface area contributed by atoms with Crippen LogP contribution in [0.1, 0.15) is 16.7 Å². The number of benzene rings is 3. The first-order valence-electron chi connectivity index (χ1n) is 7.99. The van der Waals surface area contributed by atoms with Crippen molar-refractivity contribution in [2.75, 3.05) is 0 Å². The zero-order valence-electron chi connectivity index (χ0n) is 13.6. The highest BCUT2D eigenvalue weighted by Gasteiger charge is 2.09. The Balaban J connectivity index is 1.74. The molecule has 0 heterocycles. The van der Waals surface area contributed by atoms with Crippen LogP contribution in [-0.4, -0.2) is 11.1 Å². The molecular weight excluding hydrogens is 312 g/mol. The van der Waals surface area contributed by atoms with Gasteiger partial charge in [0.05, 0.1) is 5.57 Å². The Kier molecular flexibility index (Phi) is 5.27. The fraction of sp³-hybridized carbons (Fsp3) is 0.0455. The lowest BCUT2D eigenvalue weighted by Gasteiger charge is -2.07. The normalized spacial score (nSPS) is 11.1. The smallest absolute Gasteiger partial charge is 0.336 e. The minimum atomic E-state index is -0.949. The lowest BCUT2D eigenvalue weighted by Crippen LogP contribution is -1.99. The predicted molar refractivity (Wildman–Crippen MR) is 99.2 cm³/mol. The summed E-state index contributed by atoms with van der Waals surface area (Å²) in [5.41, 5.74) is 2.86. The number of ether oxygens (including phenoxy) is 1. The van der Waals surface area contributed by atoms with Crippen LogP contribution in [-0.2, 0) is 11.4 Å². The van der Waals surface area contributed by atoms with Gasteiger partial charge in [0.25, 0.3) is 0 Å². The molecule has 3 nitrogen and oxygen atoms in total. The Bertz CT molecular complexity index is 851. The Labute approximate surface area is 146 Å². The molecule has 0 fully saturated rings. The molecule has 25 heavy (non-hydrogen) atoms. The van der Waals surface area contributed by atoms with Crippen molar-refractivity contribution in [3.8, 4) is 5.75 Å². The predicted octanol–water partition coefficient (Wildman–Crippen LogP) is 4.89. The SMILES string of the molecule is O=C(O)/C(=C/c1ccc(OCc2ccccc2)cc1)c1ccccc1. The van der Waals surface area contributed by atoms with E-state index in [2.05, 4.69) is 0 Å². The minimum absolute atomic E-state index is 0.263. The summed E-state index contributed by atoms with van der Waals surface area (Å²) in [5, 5.41) is 9.46. The molecule has 0 aromatic heterocycles. The van der Waals surface area contributed by atoms with Gasteiger partial charge in [-0.05, 0) is 34.9 Å². The maximum Gasteiger partial charge on any atom is 0.336 e. The van der Waals surface area contributed by atoms with E-state index in [1.807, 2.05) is 72.8 Å². The Hall–Kier alpha value is -3.33. The van der Waals surface area contributed by atoms with E-state index in [1.54, 1.807) is 18.2 Å². The number of rotatable bonds is 6. The maximum absolute atomic E-state index is 11.5. The zero-order valence-corrected chi connectivity index (χ0v) is 13.6. The van der Waals surface area contributed by atoms with Crippen LogP contribution in [0.4, 0.5) is 0 Å². The van der Waals surface area contributed by atoms with Crippen LogP contribution in [0.15, 0.2) is 84.9 Å². The van der Waals surface area contributed by atoms with Gasteiger partial charge in [0.2, 0.25) is 0 Å². The van der Waals surface area contributed by atoms with Gasteiger partial charge >= 0.3 is 5.97 Å². The van der Waals surface area contributed by atoms with E-state index in [9.17, 15) is 9.90 Å². The van der Waals surface area contributed by atoms with Gasteiger partial charge in [-0.1, -0.05) is 72.8 Å². The highest BCUT2D eigenvalue weighted by molar-refractivity contribution is 6.20. The second-order valence-corrected chi connectivity index (χ2v) is 5.57. The molecule has 3 aromatic carbocycles. The van der Waals surface area contributed by atoms with Crippen LogP contribution < -0.4 is 4.74 Å². The van der Waals surface area contributed by atoms with Gasteiger partial charge in [-0.25, -0.2) is 4.79 Å².